The first-order valence-corrected chi connectivity index (χ1v) is 5.70. The van der Waals surface area contributed by atoms with Gasteiger partial charge < -0.3 is 14.8 Å². The average molecular weight is 199 g/mol. The van der Waals surface area contributed by atoms with Gasteiger partial charge in [0.15, 0.2) is 0 Å². The summed E-state index contributed by atoms with van der Waals surface area (Å²) in [6.45, 7) is 2.54. The molecule has 14 heavy (non-hydrogen) atoms. The zero-order valence-electron chi connectivity index (χ0n) is 9.05. The van der Waals surface area contributed by atoms with Crippen molar-refractivity contribution in [3.63, 3.8) is 0 Å². The molecule has 1 heterocycles. The molecule has 0 aromatic heterocycles. The molecule has 2 aliphatic rings. The lowest BCUT2D eigenvalue weighted by Crippen LogP contribution is -2.58. The molecule has 0 amide bonds. The van der Waals surface area contributed by atoms with Crippen LogP contribution in [0.2, 0.25) is 0 Å². The van der Waals surface area contributed by atoms with Crippen LogP contribution in [0.4, 0.5) is 0 Å². The van der Waals surface area contributed by atoms with E-state index in [1.165, 1.54) is 32.1 Å². The van der Waals surface area contributed by atoms with Crippen molar-refractivity contribution in [3.05, 3.63) is 0 Å². The second-order valence-corrected chi connectivity index (χ2v) is 4.61. The van der Waals surface area contributed by atoms with Crippen LogP contribution in [0.1, 0.15) is 32.1 Å². The molecule has 0 aromatic carbocycles. The predicted octanol–water partition coefficient (Wildman–Crippen LogP) is 1.32. The summed E-state index contributed by atoms with van der Waals surface area (Å²) < 4.78 is 10.9. The zero-order chi connectivity index (χ0) is 9.86. The number of hydrogen-bond donors (Lipinski definition) is 1. The Morgan fingerprint density at radius 2 is 2.14 bits per heavy atom. The Bertz CT molecular complexity index is 168. The van der Waals surface area contributed by atoms with Crippen molar-refractivity contribution in [1.82, 2.24) is 5.32 Å². The van der Waals surface area contributed by atoms with Gasteiger partial charge in [-0.25, -0.2) is 0 Å². The van der Waals surface area contributed by atoms with Crippen LogP contribution in [0.25, 0.3) is 0 Å². The van der Waals surface area contributed by atoms with Crippen molar-refractivity contribution in [2.24, 2.45) is 0 Å². The fraction of sp³-hybridized carbons (Fsp3) is 1.00. The van der Waals surface area contributed by atoms with Crippen molar-refractivity contribution in [2.45, 2.75) is 43.7 Å². The smallest absolute Gasteiger partial charge is 0.0933 e. The molecule has 1 saturated carbocycles. The fourth-order valence-corrected chi connectivity index (χ4v) is 2.56. The van der Waals surface area contributed by atoms with Gasteiger partial charge >= 0.3 is 0 Å². The van der Waals surface area contributed by atoms with E-state index in [4.69, 9.17) is 9.47 Å². The standard InChI is InChI=1S/C11H21NO2/c1-13-8-10-7-12-11(9-14-10)5-3-2-4-6-11/h10,12H,2-9H2,1H3. The first kappa shape index (κ1) is 10.4. The molecule has 1 aliphatic heterocycles. The van der Waals surface area contributed by atoms with Crippen molar-refractivity contribution in [2.75, 3.05) is 26.9 Å². The van der Waals surface area contributed by atoms with Crippen molar-refractivity contribution >= 4 is 0 Å². The topological polar surface area (TPSA) is 30.5 Å². The largest absolute Gasteiger partial charge is 0.382 e. The van der Waals surface area contributed by atoms with E-state index in [9.17, 15) is 0 Å². The van der Waals surface area contributed by atoms with E-state index >= 15 is 0 Å². The van der Waals surface area contributed by atoms with Crippen LogP contribution in [0, 0.1) is 0 Å². The number of methoxy groups -OCH3 is 1. The Hall–Kier alpha value is -0.120. The highest BCUT2D eigenvalue weighted by Gasteiger charge is 2.36. The van der Waals surface area contributed by atoms with Gasteiger partial charge in [-0.1, -0.05) is 19.3 Å². The molecule has 2 fully saturated rings. The highest BCUT2D eigenvalue weighted by molar-refractivity contribution is 4.94. The fourth-order valence-electron chi connectivity index (χ4n) is 2.56. The van der Waals surface area contributed by atoms with Gasteiger partial charge in [-0.2, -0.15) is 0 Å². The Morgan fingerprint density at radius 1 is 1.36 bits per heavy atom. The first-order chi connectivity index (χ1) is 6.85. The summed E-state index contributed by atoms with van der Waals surface area (Å²) in [7, 11) is 1.73. The van der Waals surface area contributed by atoms with Crippen molar-refractivity contribution in [1.29, 1.82) is 0 Å². The lowest BCUT2D eigenvalue weighted by Gasteiger charge is -2.43. The summed E-state index contributed by atoms with van der Waals surface area (Å²) in [5.74, 6) is 0. The number of rotatable bonds is 2. The Labute approximate surface area is 86.2 Å². The third kappa shape index (κ3) is 2.27. The van der Waals surface area contributed by atoms with Crippen LogP contribution >= 0.6 is 0 Å². The predicted molar refractivity (Wildman–Crippen MR) is 55.4 cm³/mol. The van der Waals surface area contributed by atoms with E-state index in [-0.39, 0.29) is 6.10 Å². The minimum absolute atomic E-state index is 0.257. The van der Waals surface area contributed by atoms with Crippen LogP contribution in [0.5, 0.6) is 0 Å². The van der Waals surface area contributed by atoms with Gasteiger partial charge in [-0.3, -0.25) is 0 Å². The molecule has 1 atom stereocenters. The Kier molecular flexibility index (Phi) is 3.42. The number of hydrogen-bond acceptors (Lipinski definition) is 3. The summed E-state index contributed by atoms with van der Waals surface area (Å²) >= 11 is 0. The quantitative estimate of drug-likeness (QED) is 0.727. The molecule has 1 spiro atoms. The van der Waals surface area contributed by atoms with E-state index in [0.29, 0.717) is 12.1 Å². The Morgan fingerprint density at radius 3 is 2.71 bits per heavy atom. The molecule has 1 aliphatic carbocycles. The van der Waals surface area contributed by atoms with Crippen LogP contribution < -0.4 is 5.32 Å². The summed E-state index contributed by atoms with van der Waals surface area (Å²) in [4.78, 5) is 0. The highest BCUT2D eigenvalue weighted by Crippen LogP contribution is 2.30. The molecular weight excluding hydrogens is 178 g/mol. The molecule has 1 saturated heterocycles. The summed E-state index contributed by atoms with van der Waals surface area (Å²) in [6.07, 6.45) is 6.92. The molecule has 2 rings (SSSR count). The average Bonchev–Trinajstić information content (AvgIpc) is 2.24. The summed E-state index contributed by atoms with van der Waals surface area (Å²) in [6, 6.07) is 0. The van der Waals surface area contributed by atoms with Crippen molar-refractivity contribution in [3.8, 4) is 0 Å². The van der Waals surface area contributed by atoms with Gasteiger partial charge in [0.25, 0.3) is 0 Å². The highest BCUT2D eigenvalue weighted by atomic mass is 16.5. The SMILES string of the molecule is COCC1CNC2(CCCCC2)CO1. The second kappa shape index (κ2) is 4.60. The van der Waals surface area contributed by atoms with Crippen LogP contribution in [0.15, 0.2) is 0 Å². The maximum atomic E-state index is 5.82. The van der Waals surface area contributed by atoms with Gasteiger partial charge in [-0.05, 0) is 12.8 Å². The van der Waals surface area contributed by atoms with Crippen LogP contribution in [-0.2, 0) is 9.47 Å². The normalized spacial score (nSPS) is 31.9. The second-order valence-electron chi connectivity index (χ2n) is 4.61. The van der Waals surface area contributed by atoms with Crippen LogP contribution in [-0.4, -0.2) is 38.5 Å². The third-order valence-corrected chi connectivity index (χ3v) is 3.46. The van der Waals surface area contributed by atoms with Crippen LogP contribution in [0.3, 0.4) is 0 Å². The maximum absolute atomic E-state index is 5.82. The third-order valence-electron chi connectivity index (χ3n) is 3.46. The first-order valence-electron chi connectivity index (χ1n) is 5.70. The molecular formula is C11H21NO2. The number of morpholine rings is 1. The maximum Gasteiger partial charge on any atom is 0.0933 e. The summed E-state index contributed by atoms with van der Waals surface area (Å²) in [5.41, 5.74) is 0.308. The van der Waals surface area contributed by atoms with Crippen molar-refractivity contribution < 1.29 is 9.47 Å². The molecule has 1 unspecified atom stereocenters. The van der Waals surface area contributed by atoms with E-state index in [2.05, 4.69) is 5.32 Å². The lowest BCUT2D eigenvalue weighted by molar-refractivity contribution is -0.0717. The molecule has 0 aromatic rings. The van der Waals surface area contributed by atoms with E-state index in [1.54, 1.807) is 7.11 Å². The van der Waals surface area contributed by atoms with E-state index in [0.717, 1.165) is 13.2 Å². The Balaban J connectivity index is 1.81. The van der Waals surface area contributed by atoms with E-state index < -0.39 is 0 Å². The molecule has 3 heteroatoms. The lowest BCUT2D eigenvalue weighted by atomic mass is 9.81. The van der Waals surface area contributed by atoms with Gasteiger partial charge in [0.2, 0.25) is 0 Å². The van der Waals surface area contributed by atoms with E-state index in [1.807, 2.05) is 0 Å². The molecule has 1 N–H and O–H groups in total. The molecule has 3 nitrogen and oxygen atoms in total. The van der Waals surface area contributed by atoms with Gasteiger partial charge in [-0.15, -0.1) is 0 Å². The molecule has 0 radical (unpaired) electrons. The number of nitrogens with one attached hydrogen (secondary N) is 1. The minimum Gasteiger partial charge on any atom is -0.382 e. The minimum atomic E-state index is 0.257. The molecule has 82 valence electrons. The monoisotopic (exact) mass is 199 g/mol. The molecule has 0 bridgehead atoms. The zero-order valence-corrected chi connectivity index (χ0v) is 9.05. The summed E-state index contributed by atoms with van der Waals surface area (Å²) in [5, 5.41) is 3.66. The van der Waals surface area contributed by atoms with Gasteiger partial charge in [0, 0.05) is 19.2 Å². The number of ether oxygens (including phenoxy) is 2. The van der Waals surface area contributed by atoms with Gasteiger partial charge in [0.1, 0.15) is 0 Å². The van der Waals surface area contributed by atoms with Gasteiger partial charge in [0.05, 0.1) is 19.3 Å².